The molecule has 20 heavy (non-hydrogen) atoms. The molecule has 0 aliphatic carbocycles. The topological polar surface area (TPSA) is 46.5 Å². The predicted octanol–water partition coefficient (Wildman–Crippen LogP) is 4.27. The van der Waals surface area contributed by atoms with Crippen molar-refractivity contribution < 1.29 is 14.6 Å². The van der Waals surface area contributed by atoms with Crippen LogP contribution >= 0.6 is 0 Å². The molecule has 3 heteroatoms. The number of hydrogen-bond acceptors (Lipinski definition) is 2. The van der Waals surface area contributed by atoms with Crippen LogP contribution in [-0.4, -0.2) is 17.7 Å². The number of ether oxygens (including phenoxy) is 1. The predicted molar refractivity (Wildman–Crippen MR) is 80.5 cm³/mol. The van der Waals surface area contributed by atoms with Crippen molar-refractivity contribution in [1.82, 2.24) is 0 Å². The molecule has 2 rings (SSSR count). The van der Waals surface area contributed by atoms with Crippen molar-refractivity contribution in [3.63, 3.8) is 0 Å². The summed E-state index contributed by atoms with van der Waals surface area (Å²) < 4.78 is 5.68. The lowest BCUT2D eigenvalue weighted by molar-refractivity contribution is 0.0699. The lowest BCUT2D eigenvalue weighted by Crippen LogP contribution is -1.99. The van der Waals surface area contributed by atoms with Gasteiger partial charge in [-0.3, -0.25) is 0 Å². The molecule has 0 fully saturated rings. The molecule has 2 aromatic rings. The molecule has 0 atom stereocenters. The first-order valence-electron chi connectivity index (χ1n) is 6.72. The van der Waals surface area contributed by atoms with Gasteiger partial charge in [0.05, 0.1) is 12.2 Å². The van der Waals surface area contributed by atoms with E-state index in [0.29, 0.717) is 12.2 Å². The fourth-order valence-electron chi connectivity index (χ4n) is 2.12. The van der Waals surface area contributed by atoms with Crippen molar-refractivity contribution in [3.05, 3.63) is 54.6 Å². The second-order valence-electron chi connectivity index (χ2n) is 4.63. The third-order valence-corrected chi connectivity index (χ3v) is 3.15. The SMILES string of the molecule is C=CCCCCOc1ccc2c(C(=O)O)cccc2c1. The highest BCUT2D eigenvalue weighted by atomic mass is 16.5. The third kappa shape index (κ3) is 3.38. The molecule has 0 radical (unpaired) electrons. The number of carbonyl (C=O) groups is 1. The van der Waals surface area contributed by atoms with E-state index in [0.717, 1.165) is 35.8 Å². The molecular weight excluding hydrogens is 252 g/mol. The second-order valence-corrected chi connectivity index (χ2v) is 4.63. The molecule has 0 aliphatic heterocycles. The highest BCUT2D eigenvalue weighted by molar-refractivity contribution is 6.03. The van der Waals surface area contributed by atoms with E-state index in [9.17, 15) is 4.79 Å². The number of carboxylic acid groups (broad SMARTS) is 1. The van der Waals surface area contributed by atoms with Gasteiger partial charge in [0.15, 0.2) is 0 Å². The number of allylic oxidation sites excluding steroid dienone is 1. The molecule has 0 amide bonds. The van der Waals surface area contributed by atoms with E-state index in [-0.39, 0.29) is 0 Å². The van der Waals surface area contributed by atoms with Gasteiger partial charge in [-0.25, -0.2) is 4.79 Å². The molecule has 3 nitrogen and oxygen atoms in total. The zero-order valence-corrected chi connectivity index (χ0v) is 11.3. The van der Waals surface area contributed by atoms with Gasteiger partial charge in [0.25, 0.3) is 0 Å². The Kier molecular flexibility index (Phi) is 4.77. The van der Waals surface area contributed by atoms with Crippen LogP contribution < -0.4 is 4.74 Å². The van der Waals surface area contributed by atoms with E-state index in [1.807, 2.05) is 24.3 Å². The van der Waals surface area contributed by atoms with Gasteiger partial charge in [-0.15, -0.1) is 6.58 Å². The molecule has 0 aromatic heterocycles. The Morgan fingerprint density at radius 3 is 2.85 bits per heavy atom. The van der Waals surface area contributed by atoms with Gasteiger partial charge in [-0.1, -0.05) is 18.2 Å². The van der Waals surface area contributed by atoms with E-state index < -0.39 is 5.97 Å². The summed E-state index contributed by atoms with van der Waals surface area (Å²) in [5.74, 6) is -0.132. The maximum Gasteiger partial charge on any atom is 0.336 e. The smallest absolute Gasteiger partial charge is 0.336 e. The van der Waals surface area contributed by atoms with Crippen LogP contribution in [0, 0.1) is 0 Å². The van der Waals surface area contributed by atoms with E-state index >= 15 is 0 Å². The van der Waals surface area contributed by atoms with Crippen LogP contribution in [0.2, 0.25) is 0 Å². The van der Waals surface area contributed by atoms with Crippen molar-refractivity contribution in [1.29, 1.82) is 0 Å². The molecule has 0 saturated heterocycles. The number of rotatable bonds is 7. The van der Waals surface area contributed by atoms with Crippen LogP contribution in [0.25, 0.3) is 10.8 Å². The Morgan fingerprint density at radius 1 is 1.25 bits per heavy atom. The van der Waals surface area contributed by atoms with Crippen LogP contribution in [0.5, 0.6) is 5.75 Å². The average Bonchev–Trinajstić information content (AvgIpc) is 2.46. The van der Waals surface area contributed by atoms with E-state index in [2.05, 4.69) is 6.58 Å². The molecule has 0 aliphatic rings. The molecule has 0 unspecified atom stereocenters. The summed E-state index contributed by atoms with van der Waals surface area (Å²) in [7, 11) is 0. The number of aromatic carboxylic acids is 1. The lowest BCUT2D eigenvalue weighted by atomic mass is 10.0. The van der Waals surface area contributed by atoms with Crippen molar-refractivity contribution in [3.8, 4) is 5.75 Å². The summed E-state index contributed by atoms with van der Waals surface area (Å²) in [6.07, 6.45) is 4.96. The number of benzene rings is 2. The normalized spacial score (nSPS) is 10.4. The minimum Gasteiger partial charge on any atom is -0.494 e. The van der Waals surface area contributed by atoms with Gasteiger partial charge in [0.1, 0.15) is 5.75 Å². The Labute approximate surface area is 118 Å². The molecule has 2 aromatic carbocycles. The first kappa shape index (κ1) is 14.1. The maximum absolute atomic E-state index is 11.1. The Balaban J connectivity index is 2.10. The molecule has 0 saturated carbocycles. The van der Waals surface area contributed by atoms with Gasteiger partial charge in [0.2, 0.25) is 0 Å². The zero-order chi connectivity index (χ0) is 14.4. The number of fused-ring (bicyclic) bond motifs is 1. The summed E-state index contributed by atoms with van der Waals surface area (Å²) in [5.41, 5.74) is 0.319. The third-order valence-electron chi connectivity index (χ3n) is 3.15. The van der Waals surface area contributed by atoms with Crippen LogP contribution in [0.3, 0.4) is 0 Å². The first-order valence-corrected chi connectivity index (χ1v) is 6.72. The van der Waals surface area contributed by atoms with Gasteiger partial charge in [0, 0.05) is 0 Å². The number of unbranched alkanes of at least 4 members (excludes halogenated alkanes) is 2. The van der Waals surface area contributed by atoms with Gasteiger partial charge in [-0.05, 0) is 54.3 Å². The van der Waals surface area contributed by atoms with Gasteiger partial charge >= 0.3 is 5.97 Å². The van der Waals surface area contributed by atoms with E-state index in [1.54, 1.807) is 18.2 Å². The second kappa shape index (κ2) is 6.75. The van der Waals surface area contributed by atoms with Crippen molar-refractivity contribution in [2.24, 2.45) is 0 Å². The number of hydrogen-bond donors (Lipinski definition) is 1. The highest BCUT2D eigenvalue weighted by Crippen LogP contribution is 2.24. The summed E-state index contributed by atoms with van der Waals surface area (Å²) >= 11 is 0. The molecule has 0 spiro atoms. The molecule has 104 valence electrons. The summed E-state index contributed by atoms with van der Waals surface area (Å²) in [6.45, 7) is 4.35. The van der Waals surface area contributed by atoms with Crippen molar-refractivity contribution in [2.75, 3.05) is 6.61 Å². The van der Waals surface area contributed by atoms with Crippen LogP contribution in [-0.2, 0) is 0 Å². The minimum absolute atomic E-state index is 0.319. The lowest BCUT2D eigenvalue weighted by Gasteiger charge is -2.08. The fourth-order valence-corrected chi connectivity index (χ4v) is 2.12. The Bertz CT molecular complexity index is 617. The average molecular weight is 270 g/mol. The summed E-state index contributed by atoms with van der Waals surface area (Å²) in [5, 5.41) is 10.8. The zero-order valence-electron chi connectivity index (χ0n) is 11.3. The molecule has 0 heterocycles. The summed E-state index contributed by atoms with van der Waals surface area (Å²) in [4.78, 5) is 11.1. The largest absolute Gasteiger partial charge is 0.494 e. The molecule has 0 bridgehead atoms. The highest BCUT2D eigenvalue weighted by Gasteiger charge is 2.08. The quantitative estimate of drug-likeness (QED) is 0.603. The monoisotopic (exact) mass is 270 g/mol. The standard InChI is InChI=1S/C17H18O3/c1-2-3-4-5-11-20-14-9-10-15-13(12-14)7-6-8-16(15)17(18)19/h2,6-10,12H,1,3-5,11H2,(H,18,19). The van der Waals surface area contributed by atoms with Crippen LogP contribution in [0.1, 0.15) is 29.6 Å². The number of carboxylic acids is 1. The van der Waals surface area contributed by atoms with Crippen LogP contribution in [0.4, 0.5) is 0 Å². The van der Waals surface area contributed by atoms with E-state index in [4.69, 9.17) is 9.84 Å². The van der Waals surface area contributed by atoms with E-state index in [1.165, 1.54) is 0 Å². The van der Waals surface area contributed by atoms with Crippen molar-refractivity contribution in [2.45, 2.75) is 19.3 Å². The minimum atomic E-state index is -0.909. The maximum atomic E-state index is 11.1. The Hall–Kier alpha value is -2.29. The molecule has 1 N–H and O–H groups in total. The fraction of sp³-hybridized carbons (Fsp3) is 0.235. The first-order chi connectivity index (χ1) is 9.72. The van der Waals surface area contributed by atoms with Gasteiger partial charge in [-0.2, -0.15) is 0 Å². The summed E-state index contributed by atoms with van der Waals surface area (Å²) in [6, 6.07) is 10.8. The van der Waals surface area contributed by atoms with Crippen LogP contribution in [0.15, 0.2) is 49.1 Å². The van der Waals surface area contributed by atoms with Gasteiger partial charge < -0.3 is 9.84 Å². The molecular formula is C17H18O3. The Morgan fingerprint density at radius 2 is 2.10 bits per heavy atom. The van der Waals surface area contributed by atoms with Crippen molar-refractivity contribution >= 4 is 16.7 Å².